The first-order valence-electron chi connectivity index (χ1n) is 10.3. The zero-order valence-electron chi connectivity index (χ0n) is 15.9. The van der Waals surface area contributed by atoms with Crippen molar-refractivity contribution in [1.82, 2.24) is 14.8 Å². The van der Waals surface area contributed by atoms with Gasteiger partial charge in [-0.05, 0) is 49.9 Å². The van der Waals surface area contributed by atoms with E-state index in [1.807, 2.05) is 23.1 Å². The first-order valence-corrected chi connectivity index (χ1v) is 10.6. The topological polar surface area (TPSA) is 36.4 Å². The van der Waals surface area contributed by atoms with Crippen LogP contribution in [0.25, 0.3) is 10.9 Å². The molecule has 2 fully saturated rings. The van der Waals surface area contributed by atoms with Crippen molar-refractivity contribution in [1.29, 1.82) is 0 Å². The van der Waals surface area contributed by atoms with E-state index < -0.39 is 0 Å². The molecule has 0 radical (unpaired) electrons. The first kappa shape index (κ1) is 18.7. The Morgan fingerprint density at radius 1 is 1.07 bits per heavy atom. The summed E-state index contributed by atoms with van der Waals surface area (Å²) in [6, 6.07) is 7.47. The highest BCUT2D eigenvalue weighted by atomic mass is 35.5. The van der Waals surface area contributed by atoms with Crippen LogP contribution in [-0.2, 0) is 0 Å². The van der Waals surface area contributed by atoms with Gasteiger partial charge in [0.15, 0.2) is 0 Å². The zero-order valence-corrected chi connectivity index (χ0v) is 16.6. The normalized spacial score (nSPS) is 20.0. The molecule has 1 aliphatic carbocycles. The summed E-state index contributed by atoms with van der Waals surface area (Å²) in [5.41, 5.74) is 1.37. The average Bonchev–Trinajstić information content (AvgIpc) is 2.93. The van der Waals surface area contributed by atoms with Crippen LogP contribution in [0.3, 0.4) is 0 Å². The lowest BCUT2D eigenvalue weighted by Crippen LogP contribution is -2.37. The van der Waals surface area contributed by atoms with Gasteiger partial charge in [-0.1, -0.05) is 36.9 Å². The standard InChI is InChI=1S/C22H28ClN3O/c23-19-14-18-8-4-9-24-21(18)20(15-19)22(27)26-11-5-10-25(12-13-26)16-17-6-2-1-3-7-17/h4,8-9,14-15,17H,1-3,5-7,10-13,16H2. The molecular weight excluding hydrogens is 358 g/mol. The van der Waals surface area contributed by atoms with Crippen LogP contribution in [0.4, 0.5) is 0 Å². The minimum atomic E-state index is 0.0562. The molecule has 0 unspecified atom stereocenters. The predicted octanol–water partition coefficient (Wildman–Crippen LogP) is 4.62. The van der Waals surface area contributed by atoms with Crippen LogP contribution in [0.1, 0.15) is 48.9 Å². The van der Waals surface area contributed by atoms with Gasteiger partial charge in [0, 0.05) is 42.8 Å². The van der Waals surface area contributed by atoms with E-state index in [9.17, 15) is 4.79 Å². The highest BCUT2D eigenvalue weighted by molar-refractivity contribution is 6.32. The van der Waals surface area contributed by atoms with Crippen LogP contribution in [-0.4, -0.2) is 53.4 Å². The van der Waals surface area contributed by atoms with Crippen molar-refractivity contribution < 1.29 is 4.79 Å². The fourth-order valence-electron chi connectivity index (χ4n) is 4.58. The number of halogens is 1. The lowest BCUT2D eigenvalue weighted by molar-refractivity contribution is 0.0761. The van der Waals surface area contributed by atoms with Gasteiger partial charge in [0.1, 0.15) is 0 Å². The van der Waals surface area contributed by atoms with E-state index in [4.69, 9.17) is 11.6 Å². The number of fused-ring (bicyclic) bond motifs is 1. The van der Waals surface area contributed by atoms with Gasteiger partial charge >= 0.3 is 0 Å². The maximum atomic E-state index is 13.2. The molecule has 0 spiro atoms. The number of hydrogen-bond donors (Lipinski definition) is 0. The van der Waals surface area contributed by atoms with Gasteiger partial charge in [0.05, 0.1) is 11.1 Å². The summed E-state index contributed by atoms with van der Waals surface area (Å²) >= 11 is 6.26. The summed E-state index contributed by atoms with van der Waals surface area (Å²) in [5, 5.41) is 1.51. The second-order valence-corrected chi connectivity index (χ2v) is 8.42. The number of carbonyl (C=O) groups excluding carboxylic acids is 1. The van der Waals surface area contributed by atoms with Gasteiger partial charge in [-0.2, -0.15) is 0 Å². The van der Waals surface area contributed by atoms with Crippen molar-refractivity contribution in [2.24, 2.45) is 5.92 Å². The summed E-state index contributed by atoms with van der Waals surface area (Å²) in [7, 11) is 0. The molecule has 1 saturated carbocycles. The third-order valence-electron chi connectivity index (χ3n) is 6.02. The average molecular weight is 386 g/mol. The van der Waals surface area contributed by atoms with Crippen LogP contribution in [0.15, 0.2) is 30.5 Å². The number of nitrogens with zero attached hydrogens (tertiary/aromatic N) is 3. The van der Waals surface area contributed by atoms with Gasteiger partial charge in [-0.25, -0.2) is 0 Å². The molecule has 0 atom stereocenters. The van der Waals surface area contributed by atoms with Crippen molar-refractivity contribution in [3.05, 3.63) is 41.0 Å². The molecule has 5 heteroatoms. The van der Waals surface area contributed by atoms with Gasteiger partial charge in [0.25, 0.3) is 5.91 Å². The maximum Gasteiger partial charge on any atom is 0.256 e. The highest BCUT2D eigenvalue weighted by Gasteiger charge is 2.24. The summed E-state index contributed by atoms with van der Waals surface area (Å²) in [4.78, 5) is 22.2. The molecule has 4 nitrogen and oxygen atoms in total. The van der Waals surface area contributed by atoms with E-state index in [1.54, 1.807) is 12.3 Å². The Bertz CT molecular complexity index is 803. The highest BCUT2D eigenvalue weighted by Crippen LogP contribution is 2.26. The zero-order chi connectivity index (χ0) is 18.6. The smallest absolute Gasteiger partial charge is 0.256 e. The van der Waals surface area contributed by atoms with E-state index in [0.717, 1.165) is 49.4 Å². The first-order chi connectivity index (χ1) is 13.2. The van der Waals surface area contributed by atoms with Crippen LogP contribution in [0, 0.1) is 5.92 Å². The number of amides is 1. The number of carbonyl (C=O) groups is 1. The third kappa shape index (κ3) is 4.44. The van der Waals surface area contributed by atoms with Gasteiger partial charge in [-0.15, -0.1) is 0 Å². The number of hydrogen-bond acceptors (Lipinski definition) is 3. The molecule has 27 heavy (non-hydrogen) atoms. The van der Waals surface area contributed by atoms with Crippen LogP contribution in [0.5, 0.6) is 0 Å². The SMILES string of the molecule is O=C(c1cc(Cl)cc2cccnc12)N1CCCN(CC2CCCCC2)CC1. The molecule has 1 aromatic carbocycles. The van der Waals surface area contributed by atoms with Crippen molar-refractivity contribution in [2.45, 2.75) is 38.5 Å². The second-order valence-electron chi connectivity index (χ2n) is 7.98. The number of aromatic nitrogens is 1. The van der Waals surface area contributed by atoms with Crippen LogP contribution >= 0.6 is 11.6 Å². The summed E-state index contributed by atoms with van der Waals surface area (Å²) in [6.07, 6.45) is 9.70. The molecule has 2 aliphatic rings. The molecule has 1 aromatic heterocycles. The third-order valence-corrected chi connectivity index (χ3v) is 6.24. The van der Waals surface area contributed by atoms with Crippen LogP contribution < -0.4 is 0 Å². The number of benzene rings is 1. The fraction of sp³-hybridized carbons (Fsp3) is 0.545. The molecule has 1 amide bonds. The summed E-state index contributed by atoms with van der Waals surface area (Å²) < 4.78 is 0. The van der Waals surface area contributed by atoms with Gasteiger partial charge in [-0.3, -0.25) is 9.78 Å². The Hall–Kier alpha value is -1.65. The molecule has 1 saturated heterocycles. The molecule has 4 rings (SSSR count). The lowest BCUT2D eigenvalue weighted by Gasteiger charge is -2.28. The second kappa shape index (κ2) is 8.57. The van der Waals surface area contributed by atoms with Crippen molar-refractivity contribution in [3.63, 3.8) is 0 Å². The molecular formula is C22H28ClN3O. The minimum Gasteiger partial charge on any atom is -0.337 e. The van der Waals surface area contributed by atoms with E-state index in [0.29, 0.717) is 10.6 Å². The molecule has 1 aliphatic heterocycles. The lowest BCUT2D eigenvalue weighted by atomic mass is 9.89. The molecule has 0 N–H and O–H groups in total. The maximum absolute atomic E-state index is 13.2. The van der Waals surface area contributed by atoms with E-state index in [1.165, 1.54) is 38.6 Å². The van der Waals surface area contributed by atoms with Gasteiger partial charge < -0.3 is 9.80 Å². The fourth-order valence-corrected chi connectivity index (χ4v) is 4.81. The van der Waals surface area contributed by atoms with Crippen molar-refractivity contribution >= 4 is 28.4 Å². The van der Waals surface area contributed by atoms with E-state index in [-0.39, 0.29) is 5.91 Å². The Morgan fingerprint density at radius 3 is 2.78 bits per heavy atom. The quantitative estimate of drug-likeness (QED) is 0.773. The van der Waals surface area contributed by atoms with Gasteiger partial charge in [0.2, 0.25) is 0 Å². The minimum absolute atomic E-state index is 0.0562. The Morgan fingerprint density at radius 2 is 1.93 bits per heavy atom. The summed E-state index contributed by atoms with van der Waals surface area (Å²) in [5.74, 6) is 0.905. The largest absolute Gasteiger partial charge is 0.337 e. The molecule has 0 bridgehead atoms. The summed E-state index contributed by atoms with van der Waals surface area (Å²) in [6.45, 7) is 4.85. The number of pyridine rings is 1. The van der Waals surface area contributed by atoms with E-state index >= 15 is 0 Å². The molecule has 2 heterocycles. The van der Waals surface area contributed by atoms with Crippen molar-refractivity contribution in [2.75, 3.05) is 32.7 Å². The Labute approximate surface area is 166 Å². The Balaban J connectivity index is 1.45. The Kier molecular flexibility index (Phi) is 5.94. The monoisotopic (exact) mass is 385 g/mol. The number of rotatable bonds is 3. The van der Waals surface area contributed by atoms with Crippen LogP contribution in [0.2, 0.25) is 5.02 Å². The molecule has 2 aromatic rings. The molecule has 144 valence electrons. The van der Waals surface area contributed by atoms with E-state index in [2.05, 4.69) is 9.88 Å². The predicted molar refractivity (Wildman–Crippen MR) is 110 cm³/mol. The van der Waals surface area contributed by atoms with Crippen molar-refractivity contribution in [3.8, 4) is 0 Å².